The maximum absolute atomic E-state index is 13.7. The van der Waals surface area contributed by atoms with Gasteiger partial charge in [-0.3, -0.25) is 19.4 Å². The number of nitrogens with one attached hydrogen (secondary N) is 2. The molecule has 1 aliphatic heterocycles. The molecule has 2 N–H and O–H groups in total. The summed E-state index contributed by atoms with van der Waals surface area (Å²) in [5, 5.41) is 11.2. The van der Waals surface area contributed by atoms with Crippen LogP contribution in [0.1, 0.15) is 37.4 Å². The maximum atomic E-state index is 13.7. The van der Waals surface area contributed by atoms with E-state index in [0.29, 0.717) is 29.5 Å². The van der Waals surface area contributed by atoms with Gasteiger partial charge in [0.25, 0.3) is 5.56 Å². The molecule has 10 heteroatoms. The van der Waals surface area contributed by atoms with E-state index in [-0.39, 0.29) is 11.6 Å². The summed E-state index contributed by atoms with van der Waals surface area (Å²) in [6.45, 7) is 6.98. The highest BCUT2D eigenvalue weighted by Crippen LogP contribution is 2.32. The lowest BCUT2D eigenvalue weighted by atomic mass is 10.1. The molecule has 4 heterocycles. The molecule has 0 unspecified atom stereocenters. The predicted molar refractivity (Wildman–Crippen MR) is 146 cm³/mol. The number of aromatic nitrogens is 5. The minimum atomic E-state index is -0.0451. The lowest BCUT2D eigenvalue weighted by Crippen LogP contribution is -2.38. The standard InChI is InChI=1S/C28H33N7O3/c1-19-23-18-24(25-10-11-29-33-25)27(36)35(21-4-2-3-5-21)26(23)32-28(30-19)31-20-6-8-22(9-7-20)38-17-14-34-12-15-37-16-13-34/h6-11,18,21H,2-5,12-17H2,1H3,(H,29,33)(H,30,31,32). The second-order valence-electron chi connectivity index (χ2n) is 9.96. The highest BCUT2D eigenvalue weighted by Gasteiger charge is 2.24. The molecule has 2 aliphatic rings. The van der Waals surface area contributed by atoms with Gasteiger partial charge in [0.1, 0.15) is 18.0 Å². The van der Waals surface area contributed by atoms with Gasteiger partial charge in [-0.05, 0) is 56.2 Å². The quantitative estimate of drug-likeness (QED) is 0.362. The van der Waals surface area contributed by atoms with Crippen molar-refractivity contribution in [2.75, 3.05) is 44.8 Å². The van der Waals surface area contributed by atoms with Gasteiger partial charge in [0.05, 0.1) is 30.2 Å². The first-order valence-corrected chi connectivity index (χ1v) is 13.4. The lowest BCUT2D eigenvalue weighted by molar-refractivity contribution is 0.0322. The van der Waals surface area contributed by atoms with Crippen molar-refractivity contribution in [1.29, 1.82) is 0 Å². The number of H-pyrrole nitrogens is 1. The average Bonchev–Trinajstić information content (AvgIpc) is 3.65. The van der Waals surface area contributed by atoms with Crippen molar-refractivity contribution in [3.8, 4) is 17.0 Å². The maximum Gasteiger partial charge on any atom is 0.261 e. The van der Waals surface area contributed by atoms with Crippen molar-refractivity contribution >= 4 is 22.7 Å². The summed E-state index contributed by atoms with van der Waals surface area (Å²) in [7, 11) is 0. The molecule has 4 aromatic rings. The molecule has 0 amide bonds. The number of pyridine rings is 1. The topological polar surface area (TPSA) is 110 Å². The minimum Gasteiger partial charge on any atom is -0.492 e. The van der Waals surface area contributed by atoms with Gasteiger partial charge in [0.15, 0.2) is 0 Å². The van der Waals surface area contributed by atoms with Gasteiger partial charge in [-0.2, -0.15) is 10.1 Å². The van der Waals surface area contributed by atoms with E-state index < -0.39 is 0 Å². The second kappa shape index (κ2) is 10.9. The summed E-state index contributed by atoms with van der Waals surface area (Å²) in [5.74, 6) is 1.29. The van der Waals surface area contributed by atoms with Gasteiger partial charge in [0.2, 0.25) is 5.95 Å². The van der Waals surface area contributed by atoms with E-state index in [4.69, 9.17) is 19.4 Å². The van der Waals surface area contributed by atoms with Crippen LogP contribution in [0.25, 0.3) is 22.3 Å². The molecule has 1 aliphatic carbocycles. The molecule has 38 heavy (non-hydrogen) atoms. The van der Waals surface area contributed by atoms with E-state index in [1.54, 1.807) is 6.20 Å². The van der Waals surface area contributed by atoms with Crippen LogP contribution in [-0.2, 0) is 4.74 Å². The number of nitrogens with zero attached hydrogens (tertiary/aromatic N) is 5. The first-order chi connectivity index (χ1) is 18.7. The van der Waals surface area contributed by atoms with E-state index >= 15 is 0 Å². The Hall–Kier alpha value is -3.76. The molecule has 10 nitrogen and oxygen atoms in total. The zero-order valence-corrected chi connectivity index (χ0v) is 21.7. The summed E-state index contributed by atoms with van der Waals surface area (Å²) >= 11 is 0. The predicted octanol–water partition coefficient (Wildman–Crippen LogP) is 4.06. The first-order valence-electron chi connectivity index (χ1n) is 13.4. The SMILES string of the molecule is Cc1nc(Nc2ccc(OCCN3CCOCC3)cc2)nc2c1cc(-c1ccn[nH]1)c(=O)n2C1CCCC1. The van der Waals surface area contributed by atoms with E-state index in [1.165, 1.54) is 0 Å². The molecule has 1 saturated heterocycles. The van der Waals surface area contributed by atoms with Crippen LogP contribution in [0.2, 0.25) is 0 Å². The Balaban J connectivity index is 1.24. The Bertz CT molecular complexity index is 1440. The zero-order chi connectivity index (χ0) is 25.9. The summed E-state index contributed by atoms with van der Waals surface area (Å²) < 4.78 is 13.2. The van der Waals surface area contributed by atoms with Crippen LogP contribution >= 0.6 is 0 Å². The molecular formula is C28H33N7O3. The Kier molecular flexibility index (Phi) is 7.06. The molecular weight excluding hydrogens is 482 g/mol. The summed E-state index contributed by atoms with van der Waals surface area (Å²) in [4.78, 5) is 25.6. The highest BCUT2D eigenvalue weighted by atomic mass is 16.5. The Morgan fingerprint density at radius 2 is 1.89 bits per heavy atom. The van der Waals surface area contributed by atoms with E-state index in [1.807, 2.05) is 47.9 Å². The van der Waals surface area contributed by atoms with E-state index in [0.717, 1.165) is 81.0 Å². The summed E-state index contributed by atoms with van der Waals surface area (Å²) in [6, 6.07) is 11.6. The van der Waals surface area contributed by atoms with Crippen molar-refractivity contribution in [1.82, 2.24) is 29.6 Å². The summed E-state index contributed by atoms with van der Waals surface area (Å²) in [6.07, 6.45) is 5.84. The summed E-state index contributed by atoms with van der Waals surface area (Å²) in [5.41, 5.74) is 3.59. The van der Waals surface area contributed by atoms with Crippen LogP contribution < -0.4 is 15.6 Å². The minimum absolute atomic E-state index is 0.0451. The van der Waals surface area contributed by atoms with Gasteiger partial charge in [-0.1, -0.05) is 12.8 Å². The normalized spacial score (nSPS) is 16.8. The molecule has 6 rings (SSSR count). The third kappa shape index (κ3) is 5.14. The van der Waals surface area contributed by atoms with Crippen molar-refractivity contribution in [2.45, 2.75) is 38.6 Å². The number of rotatable bonds is 8. The number of fused-ring (bicyclic) bond motifs is 1. The van der Waals surface area contributed by atoms with Crippen molar-refractivity contribution in [3.05, 3.63) is 58.6 Å². The number of anilines is 2. The molecule has 0 atom stereocenters. The lowest BCUT2D eigenvalue weighted by Gasteiger charge is -2.26. The van der Waals surface area contributed by atoms with Gasteiger partial charge < -0.3 is 14.8 Å². The fourth-order valence-corrected chi connectivity index (χ4v) is 5.39. The van der Waals surface area contributed by atoms with Gasteiger partial charge >= 0.3 is 0 Å². The number of morpholine rings is 1. The number of hydrogen-bond donors (Lipinski definition) is 2. The van der Waals surface area contributed by atoms with Gasteiger partial charge in [-0.15, -0.1) is 0 Å². The molecule has 0 bridgehead atoms. The van der Waals surface area contributed by atoms with E-state index in [2.05, 4.69) is 20.4 Å². The smallest absolute Gasteiger partial charge is 0.261 e. The third-order valence-corrected chi connectivity index (χ3v) is 7.45. The monoisotopic (exact) mass is 515 g/mol. The molecule has 2 fully saturated rings. The van der Waals surface area contributed by atoms with Crippen LogP contribution in [-0.4, -0.2) is 69.1 Å². The van der Waals surface area contributed by atoms with Crippen LogP contribution in [0, 0.1) is 6.92 Å². The Morgan fingerprint density at radius 3 is 2.63 bits per heavy atom. The number of benzene rings is 1. The largest absolute Gasteiger partial charge is 0.492 e. The van der Waals surface area contributed by atoms with Crippen molar-refractivity contribution in [2.24, 2.45) is 0 Å². The molecule has 1 saturated carbocycles. The molecule has 0 spiro atoms. The van der Waals surface area contributed by atoms with Crippen LogP contribution in [0.15, 0.2) is 47.4 Å². The zero-order valence-electron chi connectivity index (χ0n) is 21.7. The van der Waals surface area contributed by atoms with Gasteiger partial charge in [0, 0.05) is 42.9 Å². The Morgan fingerprint density at radius 1 is 1.11 bits per heavy atom. The van der Waals surface area contributed by atoms with Crippen LogP contribution in [0.3, 0.4) is 0 Å². The number of hydrogen-bond acceptors (Lipinski definition) is 8. The second-order valence-corrected chi connectivity index (χ2v) is 9.96. The van der Waals surface area contributed by atoms with Crippen LogP contribution in [0.4, 0.5) is 11.6 Å². The number of aromatic amines is 1. The van der Waals surface area contributed by atoms with Gasteiger partial charge in [-0.25, -0.2) is 4.98 Å². The molecule has 1 aromatic carbocycles. The fraction of sp³-hybridized carbons (Fsp3) is 0.429. The molecule has 198 valence electrons. The average molecular weight is 516 g/mol. The fourth-order valence-electron chi connectivity index (χ4n) is 5.39. The Labute approximate surface area is 221 Å². The number of ether oxygens (including phenoxy) is 2. The number of aryl methyl sites for hydroxylation is 1. The highest BCUT2D eigenvalue weighted by molar-refractivity contribution is 5.84. The molecule has 0 radical (unpaired) electrons. The van der Waals surface area contributed by atoms with Crippen molar-refractivity contribution < 1.29 is 9.47 Å². The first kappa shape index (κ1) is 24.6. The van der Waals surface area contributed by atoms with Crippen molar-refractivity contribution in [3.63, 3.8) is 0 Å². The molecule has 3 aromatic heterocycles. The van der Waals surface area contributed by atoms with E-state index in [9.17, 15) is 4.79 Å². The third-order valence-electron chi connectivity index (χ3n) is 7.45. The van der Waals surface area contributed by atoms with Crippen LogP contribution in [0.5, 0.6) is 5.75 Å².